The Balaban J connectivity index is 2.60. The first-order chi connectivity index (χ1) is 10.5. The highest BCUT2D eigenvalue weighted by atomic mass is 16.2. The first-order valence-electron chi connectivity index (χ1n) is 7.98. The third-order valence-electron chi connectivity index (χ3n) is 3.71. The van der Waals surface area contributed by atoms with Crippen molar-refractivity contribution in [3.8, 4) is 0 Å². The number of carbonyl (C=O) groups is 2. The van der Waals surface area contributed by atoms with Gasteiger partial charge in [0.15, 0.2) is 0 Å². The fourth-order valence-corrected chi connectivity index (χ4v) is 2.37. The second-order valence-electron chi connectivity index (χ2n) is 5.01. The topological polar surface area (TPSA) is 52.7 Å². The van der Waals surface area contributed by atoms with E-state index in [1.165, 1.54) is 0 Å². The Labute approximate surface area is 133 Å². The molecule has 122 valence electrons. The van der Waals surface area contributed by atoms with Crippen LogP contribution in [0.4, 0.5) is 11.4 Å². The van der Waals surface area contributed by atoms with Crippen LogP contribution in [0.3, 0.4) is 0 Å². The van der Waals surface area contributed by atoms with Gasteiger partial charge in [0.05, 0.1) is 0 Å². The van der Waals surface area contributed by atoms with Crippen LogP contribution >= 0.6 is 0 Å². The van der Waals surface area contributed by atoms with Crippen molar-refractivity contribution in [1.29, 1.82) is 0 Å². The quantitative estimate of drug-likeness (QED) is 0.751. The fraction of sp³-hybridized carbons (Fsp3) is 0.529. The van der Waals surface area contributed by atoms with E-state index in [9.17, 15) is 9.59 Å². The lowest BCUT2D eigenvalue weighted by atomic mass is 10.2. The lowest BCUT2D eigenvalue weighted by Crippen LogP contribution is -2.33. The molecule has 0 atom stereocenters. The van der Waals surface area contributed by atoms with Crippen molar-refractivity contribution < 1.29 is 9.59 Å². The second-order valence-corrected chi connectivity index (χ2v) is 5.01. The van der Waals surface area contributed by atoms with Crippen LogP contribution in [0.2, 0.25) is 0 Å². The van der Waals surface area contributed by atoms with Gasteiger partial charge in [0.25, 0.3) is 0 Å². The minimum Gasteiger partial charge on any atom is -0.372 e. The van der Waals surface area contributed by atoms with E-state index in [0.29, 0.717) is 18.8 Å². The van der Waals surface area contributed by atoms with E-state index < -0.39 is 0 Å². The van der Waals surface area contributed by atoms with E-state index in [4.69, 9.17) is 0 Å². The SMILES string of the molecule is CCN(CC)C(=O)CC(=O)Nc1ccc(N(CC)CC)cc1. The fourth-order valence-electron chi connectivity index (χ4n) is 2.37. The summed E-state index contributed by atoms with van der Waals surface area (Å²) in [7, 11) is 0. The number of hydrogen-bond acceptors (Lipinski definition) is 3. The van der Waals surface area contributed by atoms with Gasteiger partial charge in [-0.05, 0) is 52.0 Å². The summed E-state index contributed by atoms with van der Waals surface area (Å²) in [6, 6.07) is 7.70. The Morgan fingerprint density at radius 1 is 0.909 bits per heavy atom. The van der Waals surface area contributed by atoms with Gasteiger partial charge in [-0.3, -0.25) is 9.59 Å². The molecule has 0 saturated heterocycles. The molecule has 0 aromatic heterocycles. The Hall–Kier alpha value is -2.04. The van der Waals surface area contributed by atoms with Crippen molar-refractivity contribution in [3.63, 3.8) is 0 Å². The molecule has 1 aromatic carbocycles. The zero-order chi connectivity index (χ0) is 16.5. The highest BCUT2D eigenvalue weighted by molar-refractivity contribution is 6.03. The van der Waals surface area contributed by atoms with E-state index in [2.05, 4.69) is 24.1 Å². The second kappa shape index (κ2) is 9.07. The lowest BCUT2D eigenvalue weighted by molar-refractivity contribution is -0.134. The van der Waals surface area contributed by atoms with Crippen LogP contribution in [-0.2, 0) is 9.59 Å². The zero-order valence-corrected chi connectivity index (χ0v) is 14.1. The van der Waals surface area contributed by atoms with Gasteiger partial charge in [0.1, 0.15) is 6.42 Å². The Kier molecular flexibility index (Phi) is 7.43. The molecule has 0 aliphatic carbocycles. The number of nitrogens with zero attached hydrogens (tertiary/aromatic N) is 2. The molecule has 0 aliphatic rings. The van der Waals surface area contributed by atoms with E-state index >= 15 is 0 Å². The Morgan fingerprint density at radius 3 is 1.91 bits per heavy atom. The number of anilines is 2. The van der Waals surface area contributed by atoms with Crippen molar-refractivity contribution in [3.05, 3.63) is 24.3 Å². The minimum absolute atomic E-state index is 0.112. The molecule has 0 saturated carbocycles. The molecule has 5 nitrogen and oxygen atoms in total. The van der Waals surface area contributed by atoms with Crippen LogP contribution in [0.15, 0.2) is 24.3 Å². The molecule has 0 unspecified atom stereocenters. The Morgan fingerprint density at radius 2 is 1.45 bits per heavy atom. The maximum atomic E-state index is 11.9. The Bertz CT molecular complexity index is 477. The van der Waals surface area contributed by atoms with Crippen LogP contribution in [-0.4, -0.2) is 42.9 Å². The van der Waals surface area contributed by atoms with E-state index in [1.807, 2.05) is 38.1 Å². The van der Waals surface area contributed by atoms with Crippen LogP contribution in [0.5, 0.6) is 0 Å². The maximum absolute atomic E-state index is 11.9. The monoisotopic (exact) mass is 305 g/mol. The average molecular weight is 305 g/mol. The summed E-state index contributed by atoms with van der Waals surface area (Å²) < 4.78 is 0. The van der Waals surface area contributed by atoms with Crippen LogP contribution in [0, 0.1) is 0 Å². The number of amides is 2. The summed E-state index contributed by atoms with van der Waals surface area (Å²) in [5.74, 6) is -0.408. The van der Waals surface area contributed by atoms with Gasteiger partial charge < -0.3 is 15.1 Å². The molecule has 0 bridgehead atoms. The molecular formula is C17H27N3O2. The number of hydrogen-bond donors (Lipinski definition) is 1. The van der Waals surface area contributed by atoms with Gasteiger partial charge in [0, 0.05) is 37.6 Å². The van der Waals surface area contributed by atoms with Gasteiger partial charge in [0.2, 0.25) is 11.8 Å². The summed E-state index contributed by atoms with van der Waals surface area (Å²) in [4.78, 5) is 27.7. The molecule has 0 radical (unpaired) electrons. The largest absolute Gasteiger partial charge is 0.372 e. The van der Waals surface area contributed by atoms with Crippen molar-refractivity contribution in [2.24, 2.45) is 0 Å². The first kappa shape index (κ1) is 18.0. The highest BCUT2D eigenvalue weighted by Crippen LogP contribution is 2.17. The number of benzene rings is 1. The molecule has 0 fully saturated rings. The van der Waals surface area contributed by atoms with Crippen molar-refractivity contribution in [2.75, 3.05) is 36.4 Å². The summed E-state index contributed by atoms with van der Waals surface area (Å²) in [5.41, 5.74) is 1.84. The summed E-state index contributed by atoms with van der Waals surface area (Å²) in [6.07, 6.45) is -0.112. The number of nitrogens with one attached hydrogen (secondary N) is 1. The molecule has 0 heterocycles. The summed E-state index contributed by atoms with van der Waals surface area (Å²) in [6.45, 7) is 11.2. The normalized spacial score (nSPS) is 10.2. The van der Waals surface area contributed by atoms with Gasteiger partial charge in [-0.25, -0.2) is 0 Å². The van der Waals surface area contributed by atoms with Gasteiger partial charge in [-0.2, -0.15) is 0 Å². The summed E-state index contributed by atoms with van der Waals surface area (Å²) in [5, 5.41) is 2.77. The first-order valence-corrected chi connectivity index (χ1v) is 7.98. The van der Waals surface area contributed by atoms with Crippen LogP contribution in [0.1, 0.15) is 34.1 Å². The van der Waals surface area contributed by atoms with Crippen molar-refractivity contribution in [2.45, 2.75) is 34.1 Å². The zero-order valence-electron chi connectivity index (χ0n) is 14.1. The molecule has 5 heteroatoms. The predicted octanol–water partition coefficient (Wildman–Crippen LogP) is 2.73. The molecule has 0 aliphatic heterocycles. The third-order valence-corrected chi connectivity index (χ3v) is 3.71. The van der Waals surface area contributed by atoms with Crippen molar-refractivity contribution >= 4 is 23.2 Å². The van der Waals surface area contributed by atoms with E-state index in [-0.39, 0.29) is 18.2 Å². The smallest absolute Gasteiger partial charge is 0.233 e. The third kappa shape index (κ3) is 5.06. The molecule has 1 rings (SSSR count). The van der Waals surface area contributed by atoms with Crippen LogP contribution in [0.25, 0.3) is 0 Å². The standard InChI is InChI=1S/C17H27N3O2/c1-5-19(6-2)15-11-9-14(10-12-15)18-16(21)13-17(22)20(7-3)8-4/h9-12H,5-8,13H2,1-4H3,(H,18,21). The molecule has 2 amide bonds. The van der Waals surface area contributed by atoms with E-state index in [1.54, 1.807) is 4.90 Å². The van der Waals surface area contributed by atoms with E-state index in [0.717, 1.165) is 18.8 Å². The molecule has 1 aromatic rings. The maximum Gasteiger partial charge on any atom is 0.233 e. The molecule has 22 heavy (non-hydrogen) atoms. The summed E-state index contributed by atoms with van der Waals surface area (Å²) >= 11 is 0. The number of rotatable bonds is 8. The van der Waals surface area contributed by atoms with Crippen LogP contribution < -0.4 is 10.2 Å². The molecular weight excluding hydrogens is 278 g/mol. The molecule has 0 spiro atoms. The average Bonchev–Trinajstić information content (AvgIpc) is 2.51. The van der Waals surface area contributed by atoms with Gasteiger partial charge in [-0.1, -0.05) is 0 Å². The molecule has 1 N–H and O–H groups in total. The highest BCUT2D eigenvalue weighted by Gasteiger charge is 2.14. The minimum atomic E-state index is -0.271. The van der Waals surface area contributed by atoms with Gasteiger partial charge >= 0.3 is 0 Å². The number of carbonyl (C=O) groups excluding carboxylic acids is 2. The predicted molar refractivity (Wildman–Crippen MR) is 91.2 cm³/mol. The van der Waals surface area contributed by atoms with Crippen molar-refractivity contribution in [1.82, 2.24) is 4.90 Å². The van der Waals surface area contributed by atoms with Gasteiger partial charge in [-0.15, -0.1) is 0 Å². The lowest BCUT2D eigenvalue weighted by Gasteiger charge is -2.21.